The predicted molar refractivity (Wildman–Crippen MR) is 148 cm³/mol. The molecule has 0 unspecified atom stereocenters. The highest BCUT2D eigenvalue weighted by molar-refractivity contribution is 7.86. The summed E-state index contributed by atoms with van der Waals surface area (Å²) >= 11 is 0. The lowest BCUT2D eigenvalue weighted by Crippen LogP contribution is -2.32. The molecule has 1 aliphatic rings. The number of halogens is 1. The standard InChI is InChI=1S/C29H25FN4O4S/c1-33-10-8-19(9-11-33)34-25-14-22(18-4-3-5-20(13-18)39(30,36)37)26(38-2)15-23(25)28(35)27-21-7-6-17(16-31)12-24(21)32-29(27)34/h3-7,12-15,19,32H,8-11H2,1-2H3. The van der Waals surface area contributed by atoms with E-state index in [4.69, 9.17) is 4.74 Å². The highest BCUT2D eigenvalue weighted by Gasteiger charge is 2.26. The molecule has 198 valence electrons. The number of hydrogen-bond acceptors (Lipinski definition) is 6. The van der Waals surface area contributed by atoms with E-state index >= 15 is 0 Å². The van der Waals surface area contributed by atoms with Crippen LogP contribution in [-0.2, 0) is 10.2 Å². The molecular formula is C29H25FN4O4S. The Morgan fingerprint density at radius 1 is 1.08 bits per heavy atom. The zero-order valence-electron chi connectivity index (χ0n) is 21.4. The number of H-pyrrole nitrogens is 1. The summed E-state index contributed by atoms with van der Waals surface area (Å²) in [5.41, 5.74) is 3.34. The number of aromatic nitrogens is 2. The van der Waals surface area contributed by atoms with Gasteiger partial charge in [-0.3, -0.25) is 4.79 Å². The van der Waals surface area contributed by atoms with E-state index in [0.29, 0.717) is 49.9 Å². The highest BCUT2D eigenvalue weighted by atomic mass is 32.3. The lowest BCUT2D eigenvalue weighted by Gasteiger charge is -2.32. The fourth-order valence-corrected chi connectivity index (χ4v) is 6.22. The van der Waals surface area contributed by atoms with E-state index < -0.39 is 15.1 Å². The van der Waals surface area contributed by atoms with Gasteiger partial charge in [0, 0.05) is 22.5 Å². The lowest BCUT2D eigenvalue weighted by atomic mass is 9.98. The number of benzene rings is 3. The van der Waals surface area contributed by atoms with Crippen LogP contribution < -0.4 is 10.2 Å². The normalized spacial score (nSPS) is 15.2. The lowest BCUT2D eigenvalue weighted by molar-refractivity contribution is 0.226. The maximum Gasteiger partial charge on any atom is 0.332 e. The largest absolute Gasteiger partial charge is 0.496 e. The second-order valence-corrected chi connectivity index (χ2v) is 11.3. The predicted octanol–water partition coefficient (Wildman–Crippen LogP) is 5.11. The molecule has 6 rings (SSSR count). The van der Waals surface area contributed by atoms with Gasteiger partial charge in [0.15, 0.2) is 5.43 Å². The average Bonchev–Trinajstić information content (AvgIpc) is 3.31. The number of methoxy groups -OCH3 is 1. The summed E-state index contributed by atoms with van der Waals surface area (Å²) in [5.74, 6) is 0.369. The van der Waals surface area contributed by atoms with E-state index in [1.807, 2.05) is 6.07 Å². The molecule has 0 atom stereocenters. The van der Waals surface area contributed by atoms with Crippen molar-refractivity contribution in [3.63, 3.8) is 0 Å². The zero-order valence-corrected chi connectivity index (χ0v) is 22.2. The number of nitrogens with one attached hydrogen (secondary N) is 1. The molecule has 1 aliphatic heterocycles. The highest BCUT2D eigenvalue weighted by Crippen LogP contribution is 2.39. The number of fused-ring (bicyclic) bond motifs is 4. The van der Waals surface area contributed by atoms with Crippen LogP contribution in [0.2, 0.25) is 0 Å². The molecular weight excluding hydrogens is 519 g/mol. The van der Waals surface area contributed by atoms with E-state index in [9.17, 15) is 22.4 Å². The third-order valence-corrected chi connectivity index (χ3v) is 8.49. The molecule has 0 radical (unpaired) electrons. The van der Waals surface area contributed by atoms with Crippen LogP contribution >= 0.6 is 0 Å². The number of nitrogens with zero attached hydrogens (tertiary/aromatic N) is 3. The summed E-state index contributed by atoms with van der Waals surface area (Å²) in [5, 5.41) is 11.2. The van der Waals surface area contributed by atoms with E-state index in [1.54, 1.807) is 30.3 Å². The van der Waals surface area contributed by atoms with Crippen molar-refractivity contribution in [3.8, 4) is 22.9 Å². The Balaban J connectivity index is 1.73. The third-order valence-electron chi connectivity index (χ3n) is 7.68. The molecule has 0 bridgehead atoms. The van der Waals surface area contributed by atoms with Crippen LogP contribution in [0.15, 0.2) is 64.3 Å². The summed E-state index contributed by atoms with van der Waals surface area (Å²) in [4.78, 5) is 19.2. The molecule has 1 saturated heterocycles. The first-order valence-electron chi connectivity index (χ1n) is 12.5. The van der Waals surface area contributed by atoms with Gasteiger partial charge < -0.3 is 19.2 Å². The summed E-state index contributed by atoms with van der Waals surface area (Å²) in [7, 11) is -1.35. The Kier molecular flexibility index (Phi) is 5.93. The Hall–Kier alpha value is -4.20. The number of nitriles is 1. The molecule has 5 aromatic rings. The van der Waals surface area contributed by atoms with E-state index in [0.717, 1.165) is 31.3 Å². The van der Waals surface area contributed by atoms with Gasteiger partial charge in [0.1, 0.15) is 11.4 Å². The number of piperidine rings is 1. The molecule has 1 fully saturated rings. The zero-order chi connectivity index (χ0) is 27.5. The maximum absolute atomic E-state index is 14.0. The van der Waals surface area contributed by atoms with Crippen molar-refractivity contribution < 1.29 is 17.0 Å². The van der Waals surface area contributed by atoms with Gasteiger partial charge in [-0.15, -0.1) is 3.89 Å². The SMILES string of the molecule is COc1cc2c(=O)c3c4ccc(C#N)cc4[nH]c3n(C3CCN(C)CC3)c2cc1-c1cccc(S(=O)(=O)F)c1. The van der Waals surface area contributed by atoms with Gasteiger partial charge in [-0.1, -0.05) is 18.2 Å². The van der Waals surface area contributed by atoms with Crippen LogP contribution in [0.25, 0.3) is 44.0 Å². The number of rotatable bonds is 4. The van der Waals surface area contributed by atoms with Crippen LogP contribution in [0.5, 0.6) is 5.75 Å². The molecule has 0 saturated carbocycles. The van der Waals surface area contributed by atoms with Gasteiger partial charge in [0.05, 0.1) is 39.9 Å². The molecule has 0 aliphatic carbocycles. The fourth-order valence-electron chi connectivity index (χ4n) is 5.71. The summed E-state index contributed by atoms with van der Waals surface area (Å²) in [6.07, 6.45) is 1.72. The quantitative estimate of drug-likeness (QED) is 0.315. The monoisotopic (exact) mass is 544 g/mol. The van der Waals surface area contributed by atoms with Crippen LogP contribution in [0.4, 0.5) is 3.89 Å². The van der Waals surface area contributed by atoms with E-state index in [-0.39, 0.29) is 11.5 Å². The topological polar surface area (TPSA) is 108 Å². The third kappa shape index (κ3) is 4.15. The van der Waals surface area contributed by atoms with Gasteiger partial charge in [0.25, 0.3) is 0 Å². The van der Waals surface area contributed by atoms with Gasteiger partial charge in [-0.2, -0.15) is 13.7 Å². The summed E-state index contributed by atoms with van der Waals surface area (Å²) < 4.78 is 44.9. The fraction of sp³-hybridized carbons (Fsp3) is 0.241. The average molecular weight is 545 g/mol. The molecule has 39 heavy (non-hydrogen) atoms. The minimum absolute atomic E-state index is 0.0779. The smallest absolute Gasteiger partial charge is 0.332 e. The second kappa shape index (κ2) is 9.22. The second-order valence-electron chi connectivity index (χ2n) is 9.99. The minimum Gasteiger partial charge on any atom is -0.496 e. The molecule has 3 heterocycles. The first-order valence-corrected chi connectivity index (χ1v) is 13.9. The Labute approximate surface area is 224 Å². The number of pyridine rings is 1. The summed E-state index contributed by atoms with van der Waals surface area (Å²) in [6, 6.07) is 16.6. The molecule has 10 heteroatoms. The molecule has 3 aromatic carbocycles. The number of aromatic amines is 1. The van der Waals surface area contributed by atoms with E-state index in [2.05, 4.69) is 27.6 Å². The molecule has 2 aromatic heterocycles. The van der Waals surface area contributed by atoms with Crippen molar-refractivity contribution in [2.75, 3.05) is 27.2 Å². The Bertz CT molecular complexity index is 2000. The van der Waals surface area contributed by atoms with Gasteiger partial charge >= 0.3 is 10.2 Å². The van der Waals surface area contributed by atoms with Crippen LogP contribution in [0.3, 0.4) is 0 Å². The number of likely N-dealkylation sites (tertiary alicyclic amines) is 1. The van der Waals surface area contributed by atoms with Crippen molar-refractivity contribution in [2.45, 2.75) is 23.8 Å². The van der Waals surface area contributed by atoms with Gasteiger partial charge in [-0.05, 0) is 74.9 Å². The van der Waals surface area contributed by atoms with Crippen LogP contribution in [0.1, 0.15) is 24.4 Å². The summed E-state index contributed by atoms with van der Waals surface area (Å²) in [6.45, 7) is 1.77. The van der Waals surface area contributed by atoms with Crippen molar-refractivity contribution in [2.24, 2.45) is 0 Å². The maximum atomic E-state index is 14.0. The van der Waals surface area contributed by atoms with Gasteiger partial charge in [-0.25, -0.2) is 0 Å². The number of hydrogen-bond donors (Lipinski definition) is 1. The molecule has 0 amide bonds. The van der Waals surface area contributed by atoms with Crippen molar-refractivity contribution in [1.29, 1.82) is 5.26 Å². The van der Waals surface area contributed by atoms with Crippen molar-refractivity contribution >= 4 is 43.1 Å². The van der Waals surface area contributed by atoms with Crippen LogP contribution in [0, 0.1) is 11.3 Å². The molecule has 0 spiro atoms. The van der Waals surface area contributed by atoms with E-state index in [1.165, 1.54) is 25.3 Å². The minimum atomic E-state index is -4.91. The number of ether oxygens (including phenoxy) is 1. The van der Waals surface area contributed by atoms with Crippen LogP contribution in [-0.4, -0.2) is 50.1 Å². The Morgan fingerprint density at radius 2 is 1.85 bits per heavy atom. The molecule has 1 N–H and O–H groups in total. The first kappa shape index (κ1) is 25.1. The van der Waals surface area contributed by atoms with Crippen molar-refractivity contribution in [3.05, 3.63) is 70.4 Å². The first-order chi connectivity index (χ1) is 18.7. The van der Waals surface area contributed by atoms with Crippen molar-refractivity contribution in [1.82, 2.24) is 14.5 Å². The van der Waals surface area contributed by atoms with Gasteiger partial charge in [0.2, 0.25) is 0 Å². The Morgan fingerprint density at radius 3 is 2.54 bits per heavy atom. The molecule has 8 nitrogen and oxygen atoms in total.